The number of rotatable bonds is 4. The zero-order valence-corrected chi connectivity index (χ0v) is 18.2. The molecule has 30 heavy (non-hydrogen) atoms. The molecule has 1 N–H and O–H groups in total. The lowest BCUT2D eigenvalue weighted by atomic mass is 10.1. The van der Waals surface area contributed by atoms with Crippen molar-refractivity contribution < 1.29 is 9.53 Å². The molecule has 4 rings (SSSR count). The Balaban J connectivity index is 1.58. The topological polar surface area (TPSA) is 55.6 Å². The lowest BCUT2D eigenvalue weighted by Gasteiger charge is -2.06. The third-order valence-electron chi connectivity index (χ3n) is 5.13. The fourth-order valence-electron chi connectivity index (χ4n) is 3.30. The van der Waals surface area contributed by atoms with Crippen molar-refractivity contribution in [3.05, 3.63) is 82.0 Å². The third kappa shape index (κ3) is 4.04. The van der Waals surface area contributed by atoms with Gasteiger partial charge in [0.2, 0.25) is 0 Å². The molecule has 5 nitrogen and oxygen atoms in total. The molecule has 0 saturated carbocycles. The summed E-state index contributed by atoms with van der Waals surface area (Å²) in [4.78, 5) is 17.7. The molecule has 0 atom stereocenters. The maximum absolute atomic E-state index is 12.5. The summed E-state index contributed by atoms with van der Waals surface area (Å²) in [6, 6.07) is 15.9. The second kappa shape index (κ2) is 8.24. The van der Waals surface area contributed by atoms with Gasteiger partial charge in [0, 0.05) is 17.6 Å². The fourth-order valence-corrected chi connectivity index (χ4v) is 4.13. The number of thioether (sulfide) groups is 1. The highest BCUT2D eigenvalue weighted by molar-refractivity contribution is 8.18. The van der Waals surface area contributed by atoms with Crippen LogP contribution >= 0.6 is 11.8 Å². The Morgan fingerprint density at radius 2 is 1.87 bits per heavy atom. The molecule has 0 spiro atoms. The zero-order chi connectivity index (χ0) is 21.3. The van der Waals surface area contributed by atoms with E-state index in [4.69, 9.17) is 4.74 Å². The van der Waals surface area contributed by atoms with Gasteiger partial charge in [-0.15, -0.1) is 0 Å². The number of benzene rings is 2. The van der Waals surface area contributed by atoms with Crippen molar-refractivity contribution >= 4 is 34.6 Å². The normalized spacial score (nSPS) is 16.3. The van der Waals surface area contributed by atoms with Gasteiger partial charge < -0.3 is 14.6 Å². The number of nitrogens with one attached hydrogen (secondary N) is 1. The van der Waals surface area contributed by atoms with Gasteiger partial charge in [-0.3, -0.25) is 4.79 Å². The standard InChI is InChI=1S/C24H23N3O2S/c1-15-6-5-7-21(17(15)3)25-24-26-23(28)22(30-24)13-18-12-16(2)27(14-18)19-8-10-20(29-4)11-9-19/h5-14H,1-4H3,(H,25,26,28)/b22-13+. The smallest absolute Gasteiger partial charge is 0.264 e. The molecule has 1 aliphatic rings. The average Bonchev–Trinajstić information content (AvgIpc) is 3.27. The number of amides is 1. The van der Waals surface area contributed by atoms with E-state index in [9.17, 15) is 4.79 Å². The molecule has 0 radical (unpaired) electrons. The highest BCUT2D eigenvalue weighted by Gasteiger charge is 2.24. The van der Waals surface area contributed by atoms with Crippen molar-refractivity contribution in [2.45, 2.75) is 20.8 Å². The molecule has 152 valence electrons. The van der Waals surface area contributed by atoms with Gasteiger partial charge in [0.1, 0.15) is 5.75 Å². The number of ether oxygens (including phenoxy) is 1. The van der Waals surface area contributed by atoms with Gasteiger partial charge in [0.05, 0.1) is 17.7 Å². The van der Waals surface area contributed by atoms with E-state index in [0.717, 1.165) is 33.9 Å². The number of aliphatic imine (C=N–C) groups is 1. The number of hydrogen-bond donors (Lipinski definition) is 1. The van der Waals surface area contributed by atoms with E-state index >= 15 is 0 Å². The minimum absolute atomic E-state index is 0.126. The van der Waals surface area contributed by atoms with Gasteiger partial charge in [-0.25, -0.2) is 4.99 Å². The monoisotopic (exact) mass is 417 g/mol. The Hall–Kier alpha value is -3.25. The molecule has 0 unspecified atom stereocenters. The molecule has 2 aromatic carbocycles. The number of nitrogens with zero attached hydrogens (tertiary/aromatic N) is 2. The molecule has 1 saturated heterocycles. The van der Waals surface area contributed by atoms with Crippen molar-refractivity contribution in [1.82, 2.24) is 9.88 Å². The van der Waals surface area contributed by atoms with Crippen LogP contribution in [0.4, 0.5) is 5.69 Å². The summed E-state index contributed by atoms with van der Waals surface area (Å²) in [5.74, 6) is 0.694. The summed E-state index contributed by atoms with van der Waals surface area (Å²) in [5.41, 5.74) is 6.26. The van der Waals surface area contributed by atoms with Crippen LogP contribution in [0.2, 0.25) is 0 Å². The maximum atomic E-state index is 12.5. The van der Waals surface area contributed by atoms with Crippen LogP contribution in [0.25, 0.3) is 11.8 Å². The van der Waals surface area contributed by atoms with Gasteiger partial charge in [0.15, 0.2) is 5.17 Å². The molecule has 2 heterocycles. The van der Waals surface area contributed by atoms with Crippen molar-refractivity contribution in [3.63, 3.8) is 0 Å². The lowest BCUT2D eigenvalue weighted by Crippen LogP contribution is -2.19. The lowest BCUT2D eigenvalue weighted by molar-refractivity contribution is -0.115. The van der Waals surface area contributed by atoms with Crippen LogP contribution < -0.4 is 10.1 Å². The van der Waals surface area contributed by atoms with Crippen LogP contribution in [-0.2, 0) is 4.79 Å². The molecule has 3 aromatic rings. The summed E-state index contributed by atoms with van der Waals surface area (Å²) >= 11 is 1.36. The summed E-state index contributed by atoms with van der Waals surface area (Å²) in [5, 5.41) is 3.47. The molecule has 1 aliphatic heterocycles. The SMILES string of the molecule is COc1ccc(-n2cc(/C=C3/SC(=Nc4cccc(C)c4C)NC3=O)cc2C)cc1. The van der Waals surface area contributed by atoms with Gasteiger partial charge in [-0.05, 0) is 91.7 Å². The molecule has 1 aromatic heterocycles. The van der Waals surface area contributed by atoms with Crippen molar-refractivity contribution in [2.75, 3.05) is 7.11 Å². The quantitative estimate of drug-likeness (QED) is 0.586. The molecule has 0 bridgehead atoms. The summed E-state index contributed by atoms with van der Waals surface area (Å²) in [6.07, 6.45) is 3.93. The molecular weight excluding hydrogens is 394 g/mol. The van der Waals surface area contributed by atoms with Crippen LogP contribution in [0.5, 0.6) is 5.75 Å². The predicted molar refractivity (Wildman–Crippen MR) is 124 cm³/mol. The van der Waals surface area contributed by atoms with Gasteiger partial charge in [0.25, 0.3) is 5.91 Å². The number of hydrogen-bond acceptors (Lipinski definition) is 4. The Morgan fingerprint density at radius 1 is 1.10 bits per heavy atom. The largest absolute Gasteiger partial charge is 0.497 e. The average molecular weight is 418 g/mol. The number of amidine groups is 1. The first-order valence-electron chi connectivity index (χ1n) is 9.64. The highest BCUT2D eigenvalue weighted by Crippen LogP contribution is 2.30. The van der Waals surface area contributed by atoms with Crippen LogP contribution in [0, 0.1) is 20.8 Å². The first kappa shape index (κ1) is 20.0. The maximum Gasteiger partial charge on any atom is 0.264 e. The number of carbonyl (C=O) groups is 1. The third-order valence-corrected chi connectivity index (χ3v) is 6.04. The van der Waals surface area contributed by atoms with E-state index in [1.165, 1.54) is 17.3 Å². The Bertz CT molecular complexity index is 1170. The van der Waals surface area contributed by atoms with Crippen molar-refractivity contribution in [1.29, 1.82) is 0 Å². The molecular formula is C24H23N3O2S. The molecule has 6 heteroatoms. The van der Waals surface area contributed by atoms with Gasteiger partial charge in [-0.1, -0.05) is 12.1 Å². The summed E-state index contributed by atoms with van der Waals surface area (Å²) < 4.78 is 7.32. The van der Waals surface area contributed by atoms with Crippen molar-refractivity contribution in [3.8, 4) is 11.4 Å². The van der Waals surface area contributed by atoms with E-state index in [-0.39, 0.29) is 5.91 Å². The van der Waals surface area contributed by atoms with E-state index in [0.29, 0.717) is 10.1 Å². The van der Waals surface area contributed by atoms with Crippen LogP contribution in [0.1, 0.15) is 22.4 Å². The Labute approximate surface area is 180 Å². The summed E-state index contributed by atoms with van der Waals surface area (Å²) in [6.45, 7) is 6.14. The van der Waals surface area contributed by atoms with Gasteiger partial charge >= 0.3 is 0 Å². The first-order chi connectivity index (χ1) is 14.4. The molecule has 1 amide bonds. The highest BCUT2D eigenvalue weighted by atomic mass is 32.2. The van der Waals surface area contributed by atoms with E-state index in [1.807, 2.05) is 62.5 Å². The van der Waals surface area contributed by atoms with E-state index < -0.39 is 0 Å². The van der Waals surface area contributed by atoms with Crippen LogP contribution in [0.15, 0.2) is 64.6 Å². The fraction of sp³-hybridized carbons (Fsp3) is 0.167. The predicted octanol–water partition coefficient (Wildman–Crippen LogP) is 5.30. The van der Waals surface area contributed by atoms with Crippen molar-refractivity contribution in [2.24, 2.45) is 4.99 Å². The second-order valence-electron chi connectivity index (χ2n) is 7.18. The number of aryl methyl sites for hydroxylation is 2. The first-order valence-corrected chi connectivity index (χ1v) is 10.5. The Morgan fingerprint density at radius 3 is 2.60 bits per heavy atom. The number of carbonyl (C=O) groups excluding carboxylic acids is 1. The minimum Gasteiger partial charge on any atom is -0.497 e. The number of aromatic nitrogens is 1. The number of methoxy groups -OCH3 is 1. The Kier molecular flexibility index (Phi) is 5.50. The van der Waals surface area contributed by atoms with E-state index in [1.54, 1.807) is 7.11 Å². The molecule has 0 aliphatic carbocycles. The van der Waals surface area contributed by atoms with E-state index in [2.05, 4.69) is 33.9 Å². The zero-order valence-electron chi connectivity index (χ0n) is 17.4. The second-order valence-corrected chi connectivity index (χ2v) is 8.21. The molecule has 1 fully saturated rings. The van der Waals surface area contributed by atoms with Crippen LogP contribution in [0.3, 0.4) is 0 Å². The van der Waals surface area contributed by atoms with Gasteiger partial charge in [-0.2, -0.15) is 0 Å². The minimum atomic E-state index is -0.126. The summed E-state index contributed by atoms with van der Waals surface area (Å²) in [7, 11) is 1.66. The van der Waals surface area contributed by atoms with Crippen LogP contribution in [-0.4, -0.2) is 22.8 Å².